The fraction of sp³-hybridized carbons (Fsp3) is 1.00. The number of nitrogens with one attached hydrogen (secondary N) is 1. The maximum atomic E-state index is 12.6. The molecule has 1 heterocycles. The number of rotatable bonds is 0. The van der Waals surface area contributed by atoms with E-state index in [2.05, 4.69) is 5.32 Å². The molecule has 0 aromatic carbocycles. The standard InChI is InChI=1S/C6H9F2N.ClH/c7-6(8)2-1-4-3-9-5(4)6;/h4-5,9H,1-3H2;1H. The van der Waals surface area contributed by atoms with E-state index in [1.165, 1.54) is 0 Å². The lowest BCUT2D eigenvalue weighted by Crippen LogP contribution is -2.56. The third kappa shape index (κ3) is 0.920. The topological polar surface area (TPSA) is 12.0 Å². The van der Waals surface area contributed by atoms with E-state index in [9.17, 15) is 8.78 Å². The lowest BCUT2D eigenvalue weighted by atomic mass is 9.95. The Bertz CT molecular complexity index is 140. The summed E-state index contributed by atoms with van der Waals surface area (Å²) >= 11 is 0. The van der Waals surface area contributed by atoms with E-state index >= 15 is 0 Å². The van der Waals surface area contributed by atoms with E-state index in [0.29, 0.717) is 6.42 Å². The molecular weight excluding hydrogens is 160 g/mol. The molecular formula is C6H10ClF2N. The Hall–Kier alpha value is 0.110. The normalized spacial score (nSPS) is 41.4. The molecule has 0 amide bonds. The van der Waals surface area contributed by atoms with Crippen LogP contribution >= 0.6 is 12.4 Å². The van der Waals surface area contributed by atoms with Crippen LogP contribution in [0.5, 0.6) is 0 Å². The highest BCUT2D eigenvalue weighted by Crippen LogP contribution is 2.42. The van der Waals surface area contributed by atoms with Crippen LogP contribution in [0, 0.1) is 5.92 Å². The highest BCUT2D eigenvalue weighted by molar-refractivity contribution is 5.85. The molecule has 2 atom stereocenters. The minimum atomic E-state index is -2.40. The van der Waals surface area contributed by atoms with Crippen LogP contribution in [0.1, 0.15) is 12.8 Å². The second kappa shape index (κ2) is 2.31. The van der Waals surface area contributed by atoms with Crippen LogP contribution in [0.4, 0.5) is 8.78 Å². The van der Waals surface area contributed by atoms with Crippen LogP contribution in [0.2, 0.25) is 0 Å². The number of halogens is 3. The number of hydrogen-bond donors (Lipinski definition) is 1. The Morgan fingerprint density at radius 1 is 1.40 bits per heavy atom. The van der Waals surface area contributed by atoms with E-state index in [1.807, 2.05) is 0 Å². The third-order valence-corrected chi connectivity index (χ3v) is 2.37. The molecule has 2 fully saturated rings. The van der Waals surface area contributed by atoms with Crippen LogP contribution < -0.4 is 5.32 Å². The third-order valence-electron chi connectivity index (χ3n) is 2.37. The molecule has 2 rings (SSSR count). The van der Waals surface area contributed by atoms with Crippen molar-refractivity contribution in [3.63, 3.8) is 0 Å². The number of alkyl halides is 2. The van der Waals surface area contributed by atoms with Crippen molar-refractivity contribution >= 4 is 12.4 Å². The molecule has 1 nitrogen and oxygen atoms in total. The monoisotopic (exact) mass is 169 g/mol. The van der Waals surface area contributed by atoms with Crippen LogP contribution in [0.25, 0.3) is 0 Å². The van der Waals surface area contributed by atoms with Gasteiger partial charge < -0.3 is 5.32 Å². The molecule has 10 heavy (non-hydrogen) atoms. The van der Waals surface area contributed by atoms with Crippen molar-refractivity contribution in [2.24, 2.45) is 5.92 Å². The van der Waals surface area contributed by atoms with E-state index in [1.54, 1.807) is 0 Å². The van der Waals surface area contributed by atoms with Crippen molar-refractivity contribution in [2.45, 2.75) is 24.8 Å². The van der Waals surface area contributed by atoms with Crippen molar-refractivity contribution < 1.29 is 8.78 Å². The Morgan fingerprint density at radius 3 is 2.30 bits per heavy atom. The summed E-state index contributed by atoms with van der Waals surface area (Å²) < 4.78 is 25.2. The Kier molecular flexibility index (Phi) is 1.90. The van der Waals surface area contributed by atoms with Gasteiger partial charge in [-0.15, -0.1) is 12.4 Å². The van der Waals surface area contributed by atoms with Crippen molar-refractivity contribution in [1.82, 2.24) is 5.32 Å². The first kappa shape index (κ1) is 8.21. The first-order valence-electron chi connectivity index (χ1n) is 3.31. The summed E-state index contributed by atoms with van der Waals surface area (Å²) in [7, 11) is 0. The van der Waals surface area contributed by atoms with Gasteiger partial charge in [-0.2, -0.15) is 0 Å². The van der Waals surface area contributed by atoms with Gasteiger partial charge in [0.25, 0.3) is 5.92 Å². The zero-order valence-corrected chi connectivity index (χ0v) is 6.26. The first-order chi connectivity index (χ1) is 4.20. The highest BCUT2D eigenvalue weighted by Gasteiger charge is 2.54. The minimum absolute atomic E-state index is 0. The van der Waals surface area contributed by atoms with Gasteiger partial charge in [0.15, 0.2) is 0 Å². The smallest absolute Gasteiger partial charge is 0.263 e. The second-order valence-electron chi connectivity index (χ2n) is 2.95. The van der Waals surface area contributed by atoms with Crippen molar-refractivity contribution in [3.05, 3.63) is 0 Å². The summed E-state index contributed by atoms with van der Waals surface area (Å²) in [5.74, 6) is -2.12. The molecule has 4 heteroatoms. The van der Waals surface area contributed by atoms with Gasteiger partial charge in [-0.1, -0.05) is 0 Å². The molecule has 60 valence electrons. The predicted octanol–water partition coefficient (Wildman–Crippen LogP) is 1.43. The molecule has 1 aliphatic carbocycles. The second-order valence-corrected chi connectivity index (χ2v) is 2.95. The van der Waals surface area contributed by atoms with Crippen molar-refractivity contribution in [2.75, 3.05) is 6.54 Å². The zero-order valence-electron chi connectivity index (χ0n) is 5.44. The van der Waals surface area contributed by atoms with Crippen LogP contribution in [0.15, 0.2) is 0 Å². The quantitative estimate of drug-likeness (QED) is 0.579. The molecule has 0 spiro atoms. The van der Waals surface area contributed by atoms with Gasteiger partial charge in [-0.3, -0.25) is 0 Å². The molecule has 0 radical (unpaired) electrons. The number of fused-ring (bicyclic) bond motifs is 1. The fourth-order valence-electron chi connectivity index (χ4n) is 1.70. The molecule has 0 aromatic heterocycles. The molecule has 1 aliphatic heterocycles. The van der Waals surface area contributed by atoms with Crippen LogP contribution in [-0.2, 0) is 0 Å². The average molecular weight is 170 g/mol. The maximum Gasteiger partial charge on any atom is 0.263 e. The van der Waals surface area contributed by atoms with Gasteiger partial charge in [0.05, 0.1) is 6.04 Å². The molecule has 1 saturated heterocycles. The van der Waals surface area contributed by atoms with Crippen LogP contribution in [-0.4, -0.2) is 18.5 Å². The van der Waals surface area contributed by atoms with Gasteiger partial charge >= 0.3 is 0 Å². The van der Waals surface area contributed by atoms with Gasteiger partial charge in [-0.25, -0.2) is 8.78 Å². The van der Waals surface area contributed by atoms with E-state index < -0.39 is 12.0 Å². The minimum Gasteiger partial charge on any atom is -0.308 e. The molecule has 2 aliphatic rings. The summed E-state index contributed by atoms with van der Waals surface area (Å²) in [4.78, 5) is 0. The predicted molar refractivity (Wildman–Crippen MR) is 36.7 cm³/mol. The van der Waals surface area contributed by atoms with Gasteiger partial charge in [0, 0.05) is 13.0 Å². The van der Waals surface area contributed by atoms with E-state index in [4.69, 9.17) is 0 Å². The summed E-state index contributed by atoms with van der Waals surface area (Å²) in [5, 5.41) is 2.75. The van der Waals surface area contributed by atoms with Crippen molar-refractivity contribution in [3.8, 4) is 0 Å². The molecule has 0 aromatic rings. The Balaban J connectivity index is 0.000000500. The average Bonchev–Trinajstić information content (AvgIpc) is 1.74. The summed E-state index contributed by atoms with van der Waals surface area (Å²) in [6.45, 7) is 0.806. The summed E-state index contributed by atoms with van der Waals surface area (Å²) in [6.07, 6.45) is 0.806. The molecule has 1 N–H and O–H groups in total. The number of hydrogen-bond acceptors (Lipinski definition) is 1. The fourth-order valence-corrected chi connectivity index (χ4v) is 1.70. The van der Waals surface area contributed by atoms with Crippen molar-refractivity contribution in [1.29, 1.82) is 0 Å². The zero-order chi connectivity index (χ0) is 6.48. The van der Waals surface area contributed by atoms with E-state index in [0.717, 1.165) is 6.54 Å². The van der Waals surface area contributed by atoms with Gasteiger partial charge in [0.1, 0.15) is 0 Å². The summed E-state index contributed by atoms with van der Waals surface area (Å²) in [6, 6.07) is -0.475. The SMILES string of the molecule is Cl.FC1(F)CCC2CNC21. The van der Waals surface area contributed by atoms with Gasteiger partial charge in [0.2, 0.25) is 0 Å². The Labute approximate surface area is 64.6 Å². The first-order valence-corrected chi connectivity index (χ1v) is 3.31. The van der Waals surface area contributed by atoms with Crippen LogP contribution in [0.3, 0.4) is 0 Å². The largest absolute Gasteiger partial charge is 0.308 e. The molecule has 1 saturated carbocycles. The highest BCUT2D eigenvalue weighted by atomic mass is 35.5. The molecule has 0 bridgehead atoms. The lowest BCUT2D eigenvalue weighted by molar-refractivity contribution is -0.0430. The maximum absolute atomic E-state index is 12.6. The molecule has 2 unspecified atom stereocenters. The van der Waals surface area contributed by atoms with Gasteiger partial charge in [-0.05, 0) is 12.3 Å². The Morgan fingerprint density at radius 2 is 2.10 bits per heavy atom. The van der Waals surface area contributed by atoms with E-state index in [-0.39, 0.29) is 24.7 Å². The lowest BCUT2D eigenvalue weighted by Gasteiger charge is -2.34. The summed E-state index contributed by atoms with van der Waals surface area (Å²) in [5.41, 5.74) is 0.